The number of sulfonamides is 1. The standard InChI is InChI=1S/C23H37N3O3S/c1-23(2,3)24-22(27)18-25-14-7-15-26(17-16-25)30(28,29)21-12-10-20(11-13-21)19-8-5-4-6-9-19/h10-13,19H,4-9,14-18H2,1-3H3,(H,24,27)/p+1. The van der Waals surface area contributed by atoms with Crippen LogP contribution in [0, 0.1) is 0 Å². The third-order valence-corrected chi connectivity index (χ3v) is 8.08. The van der Waals surface area contributed by atoms with Crippen molar-refractivity contribution in [3.63, 3.8) is 0 Å². The van der Waals surface area contributed by atoms with Gasteiger partial charge in [-0.3, -0.25) is 4.79 Å². The molecule has 1 saturated carbocycles. The topological polar surface area (TPSA) is 70.9 Å². The van der Waals surface area contributed by atoms with Crippen LogP contribution in [0.1, 0.15) is 70.8 Å². The molecule has 1 aromatic rings. The van der Waals surface area contributed by atoms with E-state index >= 15 is 0 Å². The summed E-state index contributed by atoms with van der Waals surface area (Å²) in [6.45, 7) is 8.72. The van der Waals surface area contributed by atoms with Crippen LogP contribution in [-0.2, 0) is 14.8 Å². The van der Waals surface area contributed by atoms with Crippen molar-refractivity contribution in [3.05, 3.63) is 29.8 Å². The maximum Gasteiger partial charge on any atom is 0.275 e. The largest absolute Gasteiger partial charge is 0.347 e. The summed E-state index contributed by atoms with van der Waals surface area (Å²) in [4.78, 5) is 13.8. The fourth-order valence-electron chi connectivity index (χ4n) is 4.63. The average Bonchev–Trinajstić information content (AvgIpc) is 2.93. The number of nitrogens with zero attached hydrogens (tertiary/aromatic N) is 1. The van der Waals surface area contributed by atoms with Crippen LogP contribution in [0.25, 0.3) is 0 Å². The van der Waals surface area contributed by atoms with Gasteiger partial charge in [0.05, 0.1) is 24.5 Å². The molecular weight excluding hydrogens is 398 g/mol. The Morgan fingerprint density at radius 2 is 1.70 bits per heavy atom. The molecule has 2 aliphatic rings. The predicted molar refractivity (Wildman–Crippen MR) is 119 cm³/mol. The van der Waals surface area contributed by atoms with Gasteiger partial charge in [0.2, 0.25) is 10.0 Å². The Morgan fingerprint density at radius 1 is 1.03 bits per heavy atom. The molecule has 1 atom stereocenters. The van der Waals surface area contributed by atoms with E-state index in [4.69, 9.17) is 0 Å². The minimum Gasteiger partial charge on any atom is -0.347 e. The first-order valence-electron chi connectivity index (χ1n) is 11.4. The van der Waals surface area contributed by atoms with Gasteiger partial charge in [0.1, 0.15) is 0 Å². The van der Waals surface area contributed by atoms with Crippen molar-refractivity contribution in [2.24, 2.45) is 0 Å². The Balaban J connectivity index is 1.60. The number of hydrogen-bond donors (Lipinski definition) is 2. The van der Waals surface area contributed by atoms with Gasteiger partial charge in [0.25, 0.3) is 5.91 Å². The van der Waals surface area contributed by atoms with Crippen LogP contribution in [-0.4, -0.2) is 56.9 Å². The molecular formula is C23H38N3O3S+. The molecule has 0 aromatic heterocycles. The van der Waals surface area contributed by atoms with Crippen LogP contribution in [0.5, 0.6) is 0 Å². The highest BCUT2D eigenvalue weighted by Gasteiger charge is 2.29. The normalized spacial score (nSPS) is 22.4. The molecule has 2 N–H and O–H groups in total. The minimum atomic E-state index is -3.49. The minimum absolute atomic E-state index is 0.0205. The molecule has 2 fully saturated rings. The number of carbonyl (C=O) groups excluding carboxylic acids is 1. The molecule has 3 rings (SSSR count). The summed E-state index contributed by atoms with van der Waals surface area (Å²) in [6, 6.07) is 7.58. The Kier molecular flexibility index (Phi) is 7.58. The van der Waals surface area contributed by atoms with Gasteiger partial charge >= 0.3 is 0 Å². The Morgan fingerprint density at radius 3 is 2.33 bits per heavy atom. The highest BCUT2D eigenvalue weighted by molar-refractivity contribution is 7.89. The van der Waals surface area contributed by atoms with Gasteiger partial charge in [-0.1, -0.05) is 31.4 Å². The zero-order valence-corrected chi connectivity index (χ0v) is 19.6. The first kappa shape index (κ1) is 23.2. The molecule has 7 heteroatoms. The van der Waals surface area contributed by atoms with Crippen molar-refractivity contribution in [2.75, 3.05) is 32.7 Å². The molecule has 1 heterocycles. The molecule has 1 aliphatic heterocycles. The van der Waals surface area contributed by atoms with E-state index < -0.39 is 10.0 Å². The van der Waals surface area contributed by atoms with Gasteiger partial charge in [-0.15, -0.1) is 0 Å². The Labute approximate surface area is 182 Å². The quantitative estimate of drug-likeness (QED) is 0.741. The molecule has 1 aromatic carbocycles. The number of carbonyl (C=O) groups is 1. The lowest BCUT2D eigenvalue weighted by molar-refractivity contribution is -0.889. The number of quaternary nitrogens is 1. The second-order valence-electron chi connectivity index (χ2n) is 9.89. The predicted octanol–water partition coefficient (Wildman–Crippen LogP) is 1.93. The van der Waals surface area contributed by atoms with Gasteiger partial charge in [-0.2, -0.15) is 4.31 Å². The fraction of sp³-hybridized carbons (Fsp3) is 0.696. The molecule has 0 radical (unpaired) electrons. The third kappa shape index (κ3) is 6.28. The molecule has 1 saturated heterocycles. The lowest BCUT2D eigenvalue weighted by atomic mass is 9.84. The highest BCUT2D eigenvalue weighted by Crippen LogP contribution is 2.33. The van der Waals surface area contributed by atoms with E-state index in [0.717, 1.165) is 17.9 Å². The van der Waals surface area contributed by atoms with Crippen molar-refractivity contribution >= 4 is 15.9 Å². The van der Waals surface area contributed by atoms with E-state index in [0.29, 0.717) is 37.0 Å². The summed E-state index contributed by atoms with van der Waals surface area (Å²) in [5.74, 6) is 0.595. The molecule has 0 spiro atoms. The third-order valence-electron chi connectivity index (χ3n) is 6.17. The second-order valence-corrected chi connectivity index (χ2v) is 11.8. The van der Waals surface area contributed by atoms with E-state index in [1.807, 2.05) is 32.9 Å². The zero-order valence-electron chi connectivity index (χ0n) is 18.7. The summed E-state index contributed by atoms with van der Waals surface area (Å²) in [6.07, 6.45) is 7.03. The summed E-state index contributed by atoms with van der Waals surface area (Å²) >= 11 is 0. The lowest BCUT2D eigenvalue weighted by Gasteiger charge is -2.23. The van der Waals surface area contributed by atoms with E-state index in [1.54, 1.807) is 16.4 Å². The van der Waals surface area contributed by atoms with Crippen molar-refractivity contribution < 1.29 is 18.1 Å². The van der Waals surface area contributed by atoms with Crippen molar-refractivity contribution in [3.8, 4) is 0 Å². The Bertz CT molecular complexity index is 809. The molecule has 1 unspecified atom stereocenters. The van der Waals surface area contributed by atoms with E-state index in [2.05, 4.69) is 5.32 Å². The Hall–Kier alpha value is -1.44. The van der Waals surface area contributed by atoms with Crippen LogP contribution in [0.15, 0.2) is 29.2 Å². The average molecular weight is 437 g/mol. The molecule has 1 aliphatic carbocycles. The smallest absolute Gasteiger partial charge is 0.275 e. The van der Waals surface area contributed by atoms with Crippen LogP contribution in [0.4, 0.5) is 0 Å². The monoisotopic (exact) mass is 436 g/mol. The van der Waals surface area contributed by atoms with E-state index in [1.165, 1.54) is 37.7 Å². The number of rotatable bonds is 5. The summed E-state index contributed by atoms with van der Waals surface area (Å²) in [5, 5.41) is 2.99. The van der Waals surface area contributed by atoms with Gasteiger partial charge < -0.3 is 10.2 Å². The fourth-order valence-corrected chi connectivity index (χ4v) is 6.11. The first-order valence-corrected chi connectivity index (χ1v) is 12.8. The zero-order chi connectivity index (χ0) is 21.8. The lowest BCUT2D eigenvalue weighted by Crippen LogP contribution is -3.13. The van der Waals surface area contributed by atoms with Gasteiger partial charge in [-0.05, 0) is 57.2 Å². The van der Waals surface area contributed by atoms with Crippen LogP contribution >= 0.6 is 0 Å². The molecule has 30 heavy (non-hydrogen) atoms. The van der Waals surface area contributed by atoms with Crippen molar-refractivity contribution in [1.82, 2.24) is 9.62 Å². The number of hydrogen-bond acceptors (Lipinski definition) is 3. The van der Waals surface area contributed by atoms with Gasteiger partial charge in [-0.25, -0.2) is 8.42 Å². The number of nitrogens with one attached hydrogen (secondary N) is 2. The second kappa shape index (κ2) is 9.79. The summed E-state index contributed by atoms with van der Waals surface area (Å²) in [5.41, 5.74) is 1.02. The van der Waals surface area contributed by atoms with Crippen LogP contribution in [0.3, 0.4) is 0 Å². The van der Waals surface area contributed by atoms with E-state index in [9.17, 15) is 13.2 Å². The van der Waals surface area contributed by atoms with E-state index in [-0.39, 0.29) is 11.4 Å². The number of amides is 1. The SMILES string of the molecule is CC(C)(C)NC(=O)C[NH+]1CCCN(S(=O)(=O)c2ccc(C3CCCCC3)cc2)CC1. The van der Waals surface area contributed by atoms with Crippen LogP contribution in [0.2, 0.25) is 0 Å². The van der Waals surface area contributed by atoms with Crippen molar-refractivity contribution in [1.29, 1.82) is 0 Å². The maximum absolute atomic E-state index is 13.2. The molecule has 6 nitrogen and oxygen atoms in total. The summed E-state index contributed by atoms with van der Waals surface area (Å²) in [7, 11) is -3.49. The first-order chi connectivity index (χ1) is 14.1. The van der Waals surface area contributed by atoms with Crippen LogP contribution < -0.4 is 10.2 Å². The summed E-state index contributed by atoms with van der Waals surface area (Å²) < 4.78 is 28.0. The highest BCUT2D eigenvalue weighted by atomic mass is 32.2. The maximum atomic E-state index is 13.2. The molecule has 0 bridgehead atoms. The number of benzene rings is 1. The molecule has 1 amide bonds. The molecule has 168 valence electrons. The van der Waals surface area contributed by atoms with Crippen molar-refractivity contribution in [2.45, 2.75) is 75.6 Å². The van der Waals surface area contributed by atoms with Gasteiger partial charge in [0.15, 0.2) is 6.54 Å². The van der Waals surface area contributed by atoms with Gasteiger partial charge in [0, 0.05) is 18.5 Å².